The highest BCUT2D eigenvalue weighted by Crippen LogP contribution is 2.16. The monoisotopic (exact) mass is 234 g/mol. The zero-order chi connectivity index (χ0) is 11.7. The lowest BCUT2D eigenvalue weighted by Gasteiger charge is -2.25. The third-order valence-corrected chi connectivity index (χ3v) is 2.75. The molecule has 1 N–H and O–H groups in total. The van der Waals surface area contributed by atoms with Crippen LogP contribution in [-0.4, -0.2) is 28.2 Å². The average molecular weight is 234 g/mol. The van der Waals surface area contributed by atoms with Crippen molar-refractivity contribution in [1.29, 1.82) is 0 Å². The molecule has 6 heteroatoms. The van der Waals surface area contributed by atoms with Crippen LogP contribution in [0.1, 0.15) is 5.89 Å². The highest BCUT2D eigenvalue weighted by molar-refractivity contribution is 5.47. The van der Waals surface area contributed by atoms with E-state index in [4.69, 9.17) is 4.52 Å². The number of pyridine rings is 1. The number of halogens is 1. The molecule has 0 radical (unpaired) electrons. The Bertz CT molecular complexity index is 506. The summed E-state index contributed by atoms with van der Waals surface area (Å²) >= 11 is 0. The van der Waals surface area contributed by atoms with Crippen molar-refractivity contribution in [1.82, 2.24) is 20.4 Å². The van der Waals surface area contributed by atoms with Crippen LogP contribution in [-0.2, 0) is 6.42 Å². The molecule has 2 aromatic heterocycles. The standard InChI is InChI=1S/C11H11FN4O/c12-8-1-2-9(14-6-8)11-15-10(17-16-11)3-7-4-13-5-7/h1-2,6-7,13H,3-5H2. The summed E-state index contributed by atoms with van der Waals surface area (Å²) in [7, 11) is 0. The van der Waals surface area contributed by atoms with Gasteiger partial charge in [-0.05, 0) is 31.1 Å². The predicted molar refractivity (Wildman–Crippen MR) is 57.6 cm³/mol. The van der Waals surface area contributed by atoms with Gasteiger partial charge in [0, 0.05) is 6.42 Å². The normalized spacial score (nSPS) is 15.8. The van der Waals surface area contributed by atoms with Crippen LogP contribution in [0.15, 0.2) is 22.9 Å². The lowest BCUT2D eigenvalue weighted by atomic mass is 10.00. The first kappa shape index (κ1) is 10.3. The molecule has 5 nitrogen and oxygen atoms in total. The summed E-state index contributed by atoms with van der Waals surface area (Å²) in [5.74, 6) is 1.22. The summed E-state index contributed by atoms with van der Waals surface area (Å²) in [6.45, 7) is 1.99. The van der Waals surface area contributed by atoms with Gasteiger partial charge in [-0.3, -0.25) is 0 Å². The topological polar surface area (TPSA) is 63.8 Å². The summed E-state index contributed by atoms with van der Waals surface area (Å²) in [5, 5.41) is 7.02. The van der Waals surface area contributed by atoms with Crippen molar-refractivity contribution in [2.75, 3.05) is 13.1 Å². The average Bonchev–Trinajstić information content (AvgIpc) is 2.73. The molecule has 1 saturated heterocycles. The second-order valence-electron chi connectivity index (χ2n) is 4.10. The van der Waals surface area contributed by atoms with Crippen LogP contribution in [0.4, 0.5) is 4.39 Å². The summed E-state index contributed by atoms with van der Waals surface area (Å²) < 4.78 is 17.8. The molecule has 1 aliphatic heterocycles. The number of nitrogens with one attached hydrogen (secondary N) is 1. The Morgan fingerprint density at radius 2 is 2.29 bits per heavy atom. The molecule has 0 amide bonds. The van der Waals surface area contributed by atoms with E-state index in [9.17, 15) is 4.39 Å². The molecule has 0 atom stereocenters. The third-order valence-electron chi connectivity index (χ3n) is 2.75. The van der Waals surface area contributed by atoms with E-state index in [1.165, 1.54) is 12.1 Å². The van der Waals surface area contributed by atoms with E-state index in [0.29, 0.717) is 23.3 Å². The van der Waals surface area contributed by atoms with Crippen molar-refractivity contribution in [3.8, 4) is 11.5 Å². The molecule has 17 heavy (non-hydrogen) atoms. The van der Waals surface area contributed by atoms with Gasteiger partial charge < -0.3 is 9.84 Å². The summed E-state index contributed by atoms with van der Waals surface area (Å²) in [6.07, 6.45) is 1.92. The van der Waals surface area contributed by atoms with Crippen molar-refractivity contribution in [3.63, 3.8) is 0 Å². The quantitative estimate of drug-likeness (QED) is 0.859. The van der Waals surface area contributed by atoms with Gasteiger partial charge >= 0.3 is 0 Å². The number of hydrogen-bond donors (Lipinski definition) is 1. The Hall–Kier alpha value is -1.82. The zero-order valence-corrected chi connectivity index (χ0v) is 9.06. The van der Waals surface area contributed by atoms with E-state index in [2.05, 4.69) is 20.4 Å². The van der Waals surface area contributed by atoms with Crippen molar-refractivity contribution in [2.45, 2.75) is 6.42 Å². The molecule has 0 bridgehead atoms. The molecular formula is C11H11FN4O. The van der Waals surface area contributed by atoms with Crippen molar-refractivity contribution in [2.24, 2.45) is 5.92 Å². The molecule has 0 aromatic carbocycles. The van der Waals surface area contributed by atoms with Crippen molar-refractivity contribution < 1.29 is 8.91 Å². The Balaban J connectivity index is 1.76. The van der Waals surface area contributed by atoms with Crippen molar-refractivity contribution >= 4 is 0 Å². The van der Waals surface area contributed by atoms with E-state index in [-0.39, 0.29) is 5.82 Å². The number of nitrogens with zero attached hydrogens (tertiary/aromatic N) is 3. The molecular weight excluding hydrogens is 223 g/mol. The fraction of sp³-hybridized carbons (Fsp3) is 0.364. The maximum atomic E-state index is 12.7. The van der Waals surface area contributed by atoms with Gasteiger partial charge in [0.25, 0.3) is 0 Å². The van der Waals surface area contributed by atoms with E-state index >= 15 is 0 Å². The Kier molecular flexibility index (Phi) is 2.56. The number of aromatic nitrogens is 3. The van der Waals surface area contributed by atoms with Gasteiger partial charge in [0.05, 0.1) is 6.20 Å². The lowest BCUT2D eigenvalue weighted by Crippen LogP contribution is -2.43. The lowest BCUT2D eigenvalue weighted by molar-refractivity contribution is 0.296. The molecule has 3 rings (SSSR count). The molecule has 0 saturated carbocycles. The number of rotatable bonds is 3. The van der Waals surface area contributed by atoms with Crippen LogP contribution in [0.3, 0.4) is 0 Å². The Labute approximate surface area is 97.1 Å². The van der Waals surface area contributed by atoms with E-state index in [0.717, 1.165) is 25.7 Å². The van der Waals surface area contributed by atoms with Crippen LogP contribution in [0.5, 0.6) is 0 Å². The maximum Gasteiger partial charge on any atom is 0.227 e. The van der Waals surface area contributed by atoms with E-state index < -0.39 is 0 Å². The Morgan fingerprint density at radius 3 is 2.94 bits per heavy atom. The van der Waals surface area contributed by atoms with Crippen LogP contribution < -0.4 is 5.32 Å². The largest absolute Gasteiger partial charge is 0.339 e. The number of hydrogen-bond acceptors (Lipinski definition) is 5. The van der Waals surface area contributed by atoms with Gasteiger partial charge in [0.1, 0.15) is 11.5 Å². The van der Waals surface area contributed by atoms with Gasteiger partial charge in [-0.2, -0.15) is 4.98 Å². The molecule has 88 valence electrons. The fourth-order valence-corrected chi connectivity index (χ4v) is 1.69. The third kappa shape index (κ3) is 2.16. The molecule has 1 fully saturated rings. The summed E-state index contributed by atoms with van der Waals surface area (Å²) in [4.78, 5) is 8.14. The van der Waals surface area contributed by atoms with Gasteiger partial charge in [0.2, 0.25) is 11.7 Å². The smallest absolute Gasteiger partial charge is 0.227 e. The molecule has 1 aliphatic rings. The maximum absolute atomic E-state index is 12.7. The minimum absolute atomic E-state index is 0.377. The molecule has 2 aromatic rings. The highest BCUT2D eigenvalue weighted by atomic mass is 19.1. The van der Waals surface area contributed by atoms with E-state index in [1.54, 1.807) is 0 Å². The minimum Gasteiger partial charge on any atom is -0.339 e. The van der Waals surface area contributed by atoms with E-state index in [1.807, 2.05) is 0 Å². The molecule has 0 aliphatic carbocycles. The van der Waals surface area contributed by atoms with Gasteiger partial charge in [0.15, 0.2) is 0 Å². The van der Waals surface area contributed by atoms with Gasteiger partial charge in [-0.15, -0.1) is 0 Å². The molecule has 3 heterocycles. The SMILES string of the molecule is Fc1ccc(-c2noc(CC3CNC3)n2)nc1. The summed E-state index contributed by atoms with van der Waals surface area (Å²) in [5.41, 5.74) is 0.521. The van der Waals surface area contributed by atoms with Crippen LogP contribution in [0, 0.1) is 11.7 Å². The first-order chi connectivity index (χ1) is 8.31. The summed E-state index contributed by atoms with van der Waals surface area (Å²) in [6, 6.07) is 2.86. The van der Waals surface area contributed by atoms with Crippen LogP contribution in [0.2, 0.25) is 0 Å². The Morgan fingerprint density at radius 1 is 1.41 bits per heavy atom. The predicted octanol–water partition coefficient (Wildman–Crippen LogP) is 1.03. The van der Waals surface area contributed by atoms with Gasteiger partial charge in [-0.1, -0.05) is 5.16 Å². The second-order valence-corrected chi connectivity index (χ2v) is 4.10. The van der Waals surface area contributed by atoms with Crippen LogP contribution >= 0.6 is 0 Å². The van der Waals surface area contributed by atoms with Crippen molar-refractivity contribution in [3.05, 3.63) is 30.0 Å². The van der Waals surface area contributed by atoms with Gasteiger partial charge in [-0.25, -0.2) is 9.37 Å². The fourth-order valence-electron chi connectivity index (χ4n) is 1.69. The zero-order valence-electron chi connectivity index (χ0n) is 9.06. The molecule has 0 spiro atoms. The van der Waals surface area contributed by atoms with Crippen LogP contribution in [0.25, 0.3) is 11.5 Å². The molecule has 0 unspecified atom stereocenters. The highest BCUT2D eigenvalue weighted by Gasteiger charge is 2.20. The first-order valence-corrected chi connectivity index (χ1v) is 5.46. The minimum atomic E-state index is -0.377. The second kappa shape index (κ2) is 4.21. The first-order valence-electron chi connectivity index (χ1n) is 5.46.